The smallest absolute Gasteiger partial charge is 0.306 e. The molecule has 29 heavy (non-hydrogen) atoms. The minimum absolute atomic E-state index is 0.133. The van der Waals surface area contributed by atoms with Crippen LogP contribution in [-0.2, 0) is 27.3 Å². The molecule has 0 spiro atoms. The molecule has 0 radical (unpaired) electrons. The van der Waals surface area contributed by atoms with Gasteiger partial charge in [-0.15, -0.1) is 0 Å². The lowest BCUT2D eigenvalue weighted by Gasteiger charge is -2.17. The molecule has 1 amide bonds. The van der Waals surface area contributed by atoms with Gasteiger partial charge >= 0.3 is 5.97 Å². The second kappa shape index (κ2) is 10.9. The highest BCUT2D eigenvalue weighted by atomic mass is 16.5. The van der Waals surface area contributed by atoms with Crippen LogP contribution in [0.3, 0.4) is 0 Å². The zero-order valence-electron chi connectivity index (χ0n) is 17.3. The molecular formula is C22H27NO6. The van der Waals surface area contributed by atoms with E-state index >= 15 is 0 Å². The highest BCUT2D eigenvalue weighted by molar-refractivity contribution is 5.80. The third-order valence-corrected chi connectivity index (χ3v) is 4.39. The summed E-state index contributed by atoms with van der Waals surface area (Å²) in [5, 5.41) is 0. The number of hydrogen-bond donors (Lipinski definition) is 0. The van der Waals surface area contributed by atoms with Crippen molar-refractivity contribution >= 4 is 11.9 Å². The van der Waals surface area contributed by atoms with Gasteiger partial charge in [-0.25, -0.2) is 0 Å². The van der Waals surface area contributed by atoms with Crippen LogP contribution in [-0.4, -0.2) is 51.8 Å². The van der Waals surface area contributed by atoms with E-state index in [1.807, 2.05) is 30.3 Å². The Morgan fingerprint density at radius 3 is 2.07 bits per heavy atom. The molecule has 156 valence electrons. The molecule has 0 aliphatic carbocycles. The summed E-state index contributed by atoms with van der Waals surface area (Å²) in [6, 6.07) is 13.2. The molecule has 0 aromatic heterocycles. The average molecular weight is 401 g/mol. The van der Waals surface area contributed by atoms with Gasteiger partial charge in [0.1, 0.15) is 0 Å². The van der Waals surface area contributed by atoms with E-state index in [9.17, 15) is 9.59 Å². The summed E-state index contributed by atoms with van der Waals surface area (Å²) in [5.41, 5.74) is 1.85. The van der Waals surface area contributed by atoms with Crippen LogP contribution in [0.4, 0.5) is 0 Å². The number of likely N-dealkylation sites (N-methyl/N-ethyl adjacent to an activating group) is 1. The zero-order valence-corrected chi connectivity index (χ0v) is 17.3. The van der Waals surface area contributed by atoms with Crippen molar-refractivity contribution in [2.24, 2.45) is 0 Å². The van der Waals surface area contributed by atoms with E-state index in [2.05, 4.69) is 0 Å². The summed E-state index contributed by atoms with van der Waals surface area (Å²) in [4.78, 5) is 25.7. The van der Waals surface area contributed by atoms with Gasteiger partial charge in [0, 0.05) is 20.0 Å². The third kappa shape index (κ3) is 6.41. The molecule has 0 aliphatic rings. The maximum absolute atomic E-state index is 12.2. The predicted octanol–water partition coefficient (Wildman–Crippen LogP) is 2.85. The number of hydrogen-bond acceptors (Lipinski definition) is 6. The fraction of sp³-hybridized carbons (Fsp3) is 0.364. The number of benzene rings is 2. The molecule has 0 aliphatic heterocycles. The van der Waals surface area contributed by atoms with Crippen LogP contribution < -0.4 is 14.2 Å². The highest BCUT2D eigenvalue weighted by Crippen LogP contribution is 2.38. The van der Waals surface area contributed by atoms with E-state index in [1.165, 1.54) is 26.2 Å². The Morgan fingerprint density at radius 1 is 0.897 bits per heavy atom. The third-order valence-electron chi connectivity index (χ3n) is 4.39. The van der Waals surface area contributed by atoms with Crippen LogP contribution in [0.5, 0.6) is 17.2 Å². The van der Waals surface area contributed by atoms with Crippen LogP contribution in [0.2, 0.25) is 0 Å². The van der Waals surface area contributed by atoms with Crippen molar-refractivity contribution in [3.63, 3.8) is 0 Å². The van der Waals surface area contributed by atoms with E-state index in [0.29, 0.717) is 30.2 Å². The van der Waals surface area contributed by atoms with E-state index in [0.717, 1.165) is 11.1 Å². The first-order chi connectivity index (χ1) is 14.0. The van der Waals surface area contributed by atoms with Crippen molar-refractivity contribution in [1.82, 2.24) is 4.90 Å². The predicted molar refractivity (Wildman–Crippen MR) is 108 cm³/mol. The summed E-state index contributed by atoms with van der Waals surface area (Å²) in [5.74, 6) is 0.837. The SMILES string of the molecule is COc1cc(CCC(=O)OCC(=O)N(C)Cc2ccccc2)cc(OC)c1OC. The van der Waals surface area contributed by atoms with Gasteiger partial charge < -0.3 is 23.8 Å². The minimum atomic E-state index is -0.444. The molecule has 7 nitrogen and oxygen atoms in total. The number of ether oxygens (including phenoxy) is 4. The second-order valence-corrected chi connectivity index (χ2v) is 6.43. The van der Waals surface area contributed by atoms with Crippen LogP contribution in [0.1, 0.15) is 17.5 Å². The van der Waals surface area contributed by atoms with Crippen LogP contribution in [0.25, 0.3) is 0 Å². The lowest BCUT2D eigenvalue weighted by Crippen LogP contribution is -2.30. The number of nitrogens with zero attached hydrogens (tertiary/aromatic N) is 1. The van der Waals surface area contributed by atoms with Gasteiger partial charge in [0.05, 0.1) is 21.3 Å². The monoisotopic (exact) mass is 401 g/mol. The van der Waals surface area contributed by atoms with Crippen molar-refractivity contribution in [1.29, 1.82) is 0 Å². The molecule has 0 atom stereocenters. The Bertz CT molecular complexity index is 796. The molecule has 0 unspecified atom stereocenters. The molecular weight excluding hydrogens is 374 g/mol. The number of carbonyl (C=O) groups is 2. The number of esters is 1. The van der Waals surface area contributed by atoms with Crippen molar-refractivity contribution in [2.45, 2.75) is 19.4 Å². The van der Waals surface area contributed by atoms with Crippen molar-refractivity contribution in [2.75, 3.05) is 35.0 Å². The van der Waals surface area contributed by atoms with Crippen molar-refractivity contribution in [3.8, 4) is 17.2 Å². The first-order valence-electron chi connectivity index (χ1n) is 9.20. The van der Waals surface area contributed by atoms with Crippen LogP contribution >= 0.6 is 0 Å². The van der Waals surface area contributed by atoms with E-state index in [1.54, 1.807) is 19.2 Å². The summed E-state index contributed by atoms with van der Waals surface area (Å²) in [6.45, 7) is 0.181. The van der Waals surface area contributed by atoms with Gasteiger partial charge in [-0.3, -0.25) is 9.59 Å². The molecule has 0 heterocycles. The number of methoxy groups -OCH3 is 3. The number of amides is 1. The Balaban J connectivity index is 1.84. The molecule has 0 bridgehead atoms. The van der Waals surface area contributed by atoms with Gasteiger partial charge in [-0.1, -0.05) is 30.3 Å². The number of rotatable bonds is 10. The first-order valence-corrected chi connectivity index (χ1v) is 9.20. The fourth-order valence-electron chi connectivity index (χ4n) is 2.80. The maximum Gasteiger partial charge on any atom is 0.306 e. The molecule has 0 N–H and O–H groups in total. The maximum atomic E-state index is 12.2. The van der Waals surface area contributed by atoms with E-state index < -0.39 is 5.97 Å². The highest BCUT2D eigenvalue weighted by Gasteiger charge is 2.15. The molecule has 2 aromatic carbocycles. The second-order valence-electron chi connectivity index (χ2n) is 6.43. The number of carbonyl (C=O) groups excluding carboxylic acids is 2. The van der Waals surface area contributed by atoms with Gasteiger partial charge in [-0.05, 0) is 29.7 Å². The van der Waals surface area contributed by atoms with Gasteiger partial charge in [-0.2, -0.15) is 0 Å². The molecule has 2 rings (SSSR count). The Labute approximate surface area is 171 Å². The molecule has 7 heteroatoms. The molecule has 0 saturated heterocycles. The quantitative estimate of drug-likeness (QED) is 0.570. The van der Waals surface area contributed by atoms with Gasteiger partial charge in [0.15, 0.2) is 18.1 Å². The Hall–Kier alpha value is -3.22. The number of aryl methyl sites for hydroxylation is 1. The molecule has 0 fully saturated rings. The fourth-order valence-corrected chi connectivity index (χ4v) is 2.80. The molecule has 0 saturated carbocycles. The van der Waals surface area contributed by atoms with E-state index in [-0.39, 0.29) is 18.9 Å². The van der Waals surface area contributed by atoms with E-state index in [4.69, 9.17) is 18.9 Å². The average Bonchev–Trinajstić information content (AvgIpc) is 2.75. The minimum Gasteiger partial charge on any atom is -0.493 e. The first kappa shape index (κ1) is 22.1. The summed E-state index contributed by atoms with van der Waals surface area (Å²) < 4.78 is 21.0. The Kier molecular flexibility index (Phi) is 8.33. The van der Waals surface area contributed by atoms with Crippen LogP contribution in [0, 0.1) is 0 Å². The summed E-state index contributed by atoms with van der Waals surface area (Å²) in [6.07, 6.45) is 0.553. The normalized spacial score (nSPS) is 10.2. The largest absolute Gasteiger partial charge is 0.493 e. The topological polar surface area (TPSA) is 74.3 Å². The summed E-state index contributed by atoms with van der Waals surface area (Å²) >= 11 is 0. The zero-order chi connectivity index (χ0) is 21.2. The Morgan fingerprint density at radius 2 is 1.52 bits per heavy atom. The van der Waals surface area contributed by atoms with Gasteiger partial charge in [0.25, 0.3) is 5.91 Å². The van der Waals surface area contributed by atoms with Crippen molar-refractivity contribution < 1.29 is 28.5 Å². The standard InChI is InChI=1S/C22H27NO6/c1-23(14-16-8-6-5-7-9-16)20(24)15-29-21(25)11-10-17-12-18(26-2)22(28-4)19(13-17)27-3/h5-9,12-13H,10-11,14-15H2,1-4H3. The lowest BCUT2D eigenvalue weighted by molar-refractivity contribution is -0.151. The van der Waals surface area contributed by atoms with Crippen LogP contribution in [0.15, 0.2) is 42.5 Å². The summed E-state index contributed by atoms with van der Waals surface area (Å²) in [7, 11) is 6.28. The molecule has 2 aromatic rings. The lowest BCUT2D eigenvalue weighted by atomic mass is 10.1. The van der Waals surface area contributed by atoms with Crippen molar-refractivity contribution in [3.05, 3.63) is 53.6 Å². The van der Waals surface area contributed by atoms with Gasteiger partial charge in [0.2, 0.25) is 5.75 Å².